The van der Waals surface area contributed by atoms with E-state index in [1.165, 1.54) is 7.11 Å². The lowest BCUT2D eigenvalue weighted by Crippen LogP contribution is -2.54. The molecule has 0 spiro atoms. The largest absolute Gasteiger partial charge is 0.481 e. The zero-order valence-corrected chi connectivity index (χ0v) is 19.0. The molecule has 3 heterocycles. The predicted molar refractivity (Wildman–Crippen MR) is 124 cm³/mol. The third kappa shape index (κ3) is 4.29. The topological polar surface area (TPSA) is 102 Å². The third-order valence-electron chi connectivity index (χ3n) is 5.51. The van der Waals surface area contributed by atoms with Crippen LogP contribution in [0.4, 0.5) is 11.4 Å². The number of aryl methyl sites for hydroxylation is 1. The molecule has 1 aromatic carbocycles. The van der Waals surface area contributed by atoms with Gasteiger partial charge in [-0.05, 0) is 39.0 Å². The molecule has 2 aromatic heterocycles. The highest BCUT2D eigenvalue weighted by Crippen LogP contribution is 2.31. The molecule has 1 fully saturated rings. The van der Waals surface area contributed by atoms with Gasteiger partial charge >= 0.3 is 6.01 Å². The average Bonchev–Trinajstić information content (AvgIpc) is 2.77. The molecular weight excluding hydrogens is 408 g/mol. The molecule has 4 rings (SSSR count). The van der Waals surface area contributed by atoms with Crippen LogP contribution < -0.4 is 25.0 Å². The van der Waals surface area contributed by atoms with Gasteiger partial charge in [-0.15, -0.1) is 0 Å². The zero-order chi connectivity index (χ0) is 22.8. The van der Waals surface area contributed by atoms with Gasteiger partial charge in [-0.3, -0.25) is 4.79 Å². The highest BCUT2D eigenvalue weighted by molar-refractivity contribution is 6.13. The first kappa shape index (κ1) is 21.8. The molecule has 2 N–H and O–H groups in total. The van der Waals surface area contributed by atoms with Crippen LogP contribution in [0.15, 0.2) is 30.6 Å². The summed E-state index contributed by atoms with van der Waals surface area (Å²) in [5, 5.41) is 7.26. The number of nitrogens with one attached hydrogen (secondary N) is 2. The number of anilines is 2. The predicted octanol–water partition coefficient (Wildman–Crippen LogP) is 2.79. The van der Waals surface area contributed by atoms with E-state index in [0.717, 1.165) is 29.7 Å². The summed E-state index contributed by atoms with van der Waals surface area (Å²) in [5.74, 6) is 0.241. The fourth-order valence-corrected chi connectivity index (χ4v) is 4.21. The maximum atomic E-state index is 13.2. The summed E-state index contributed by atoms with van der Waals surface area (Å²) in [7, 11) is 3.07. The van der Waals surface area contributed by atoms with Crippen molar-refractivity contribution < 1.29 is 14.3 Å². The Labute approximate surface area is 187 Å². The van der Waals surface area contributed by atoms with Crippen molar-refractivity contribution in [2.75, 3.05) is 37.5 Å². The van der Waals surface area contributed by atoms with E-state index in [4.69, 9.17) is 9.47 Å². The van der Waals surface area contributed by atoms with Crippen molar-refractivity contribution >= 4 is 28.2 Å². The quantitative estimate of drug-likeness (QED) is 0.630. The first-order valence-corrected chi connectivity index (χ1v) is 10.6. The number of benzene rings is 1. The average molecular weight is 437 g/mol. The van der Waals surface area contributed by atoms with Crippen LogP contribution in [0.25, 0.3) is 10.9 Å². The van der Waals surface area contributed by atoms with E-state index in [9.17, 15) is 4.79 Å². The molecule has 0 bridgehead atoms. The van der Waals surface area contributed by atoms with Crippen LogP contribution in [-0.4, -0.2) is 60.3 Å². The van der Waals surface area contributed by atoms with E-state index < -0.39 is 0 Å². The second-order valence-corrected chi connectivity index (χ2v) is 8.13. The number of nitrogens with zero attached hydrogens (tertiary/aromatic N) is 4. The van der Waals surface area contributed by atoms with E-state index in [0.29, 0.717) is 34.7 Å². The van der Waals surface area contributed by atoms with Gasteiger partial charge < -0.3 is 25.0 Å². The molecular formula is C23H28N6O3. The van der Waals surface area contributed by atoms with Crippen molar-refractivity contribution in [1.29, 1.82) is 0 Å². The van der Waals surface area contributed by atoms with Gasteiger partial charge in [-0.2, -0.15) is 4.98 Å². The number of carbonyl (C=O) groups excluding carboxylic acids is 1. The number of rotatable bonds is 5. The molecule has 1 aliphatic heterocycles. The Morgan fingerprint density at radius 1 is 1.12 bits per heavy atom. The number of ether oxygens (including phenoxy) is 2. The fourth-order valence-electron chi connectivity index (χ4n) is 4.21. The highest BCUT2D eigenvalue weighted by Gasteiger charge is 2.24. The lowest BCUT2D eigenvalue weighted by atomic mass is 10.0. The fraction of sp³-hybridized carbons (Fsp3) is 0.391. The van der Waals surface area contributed by atoms with Crippen molar-refractivity contribution in [3.8, 4) is 11.9 Å². The number of aromatic nitrogens is 3. The Morgan fingerprint density at radius 2 is 1.88 bits per heavy atom. The van der Waals surface area contributed by atoms with E-state index >= 15 is 0 Å². The normalized spacial score (nSPS) is 18.5. The molecule has 0 unspecified atom stereocenters. The van der Waals surface area contributed by atoms with Crippen LogP contribution in [0.3, 0.4) is 0 Å². The summed E-state index contributed by atoms with van der Waals surface area (Å²) >= 11 is 0. The monoisotopic (exact) mass is 436 g/mol. The van der Waals surface area contributed by atoms with Gasteiger partial charge in [0.25, 0.3) is 5.91 Å². The minimum atomic E-state index is -0.282. The van der Waals surface area contributed by atoms with Crippen molar-refractivity contribution in [1.82, 2.24) is 20.3 Å². The number of hydrogen-bond donors (Lipinski definition) is 2. The molecule has 168 valence electrons. The molecule has 3 aromatic rings. The van der Waals surface area contributed by atoms with Crippen molar-refractivity contribution in [2.45, 2.75) is 32.9 Å². The number of piperazine rings is 1. The van der Waals surface area contributed by atoms with Gasteiger partial charge in [-0.1, -0.05) is 0 Å². The molecule has 0 saturated carbocycles. The van der Waals surface area contributed by atoms with Crippen molar-refractivity contribution in [3.63, 3.8) is 0 Å². The van der Waals surface area contributed by atoms with Crippen molar-refractivity contribution in [2.24, 2.45) is 0 Å². The summed E-state index contributed by atoms with van der Waals surface area (Å²) in [6, 6.07) is 6.51. The molecule has 9 nitrogen and oxygen atoms in total. The Balaban J connectivity index is 1.73. The number of methoxy groups -OCH3 is 2. The highest BCUT2D eigenvalue weighted by atomic mass is 16.5. The summed E-state index contributed by atoms with van der Waals surface area (Å²) in [4.78, 5) is 28.6. The number of carbonyl (C=O) groups is 1. The van der Waals surface area contributed by atoms with Crippen LogP contribution in [-0.2, 0) is 0 Å². The van der Waals surface area contributed by atoms with E-state index in [2.05, 4.69) is 44.3 Å². The Kier molecular flexibility index (Phi) is 6.09. The molecule has 2 atom stereocenters. The lowest BCUT2D eigenvalue weighted by molar-refractivity contribution is 0.102. The van der Waals surface area contributed by atoms with Crippen LogP contribution in [0.5, 0.6) is 11.9 Å². The van der Waals surface area contributed by atoms with E-state index in [-0.39, 0.29) is 11.9 Å². The molecule has 0 aliphatic carbocycles. The minimum Gasteiger partial charge on any atom is -0.481 e. The van der Waals surface area contributed by atoms with E-state index in [1.54, 1.807) is 25.6 Å². The summed E-state index contributed by atoms with van der Waals surface area (Å²) in [5.41, 5.74) is 3.40. The standard InChI is InChI=1S/C23H28N6O3/c1-13-8-16(9-24-22(13)31-4)27-21(30)17-6-7-19(29-11-14(2)26-15(3)12-29)18-10-25-23(32-5)28-20(17)18/h6-10,14-15,26H,11-12H2,1-5H3,(H,27,30)/t14-,15+. The van der Waals surface area contributed by atoms with Crippen LogP contribution in [0.2, 0.25) is 0 Å². The number of fused-ring (bicyclic) bond motifs is 1. The second kappa shape index (κ2) is 8.96. The SMILES string of the molecule is COc1ncc2c(N3C[C@@H](C)N[C@@H](C)C3)ccc(C(=O)Nc3cnc(OC)c(C)c3)c2n1. The molecule has 0 radical (unpaired) electrons. The van der Waals surface area contributed by atoms with Crippen molar-refractivity contribution in [3.05, 3.63) is 41.7 Å². The van der Waals surface area contributed by atoms with Gasteiger partial charge in [0, 0.05) is 48.0 Å². The Hall–Kier alpha value is -3.46. The molecule has 1 amide bonds. The molecule has 32 heavy (non-hydrogen) atoms. The van der Waals surface area contributed by atoms with Crippen LogP contribution in [0.1, 0.15) is 29.8 Å². The Morgan fingerprint density at radius 3 is 2.53 bits per heavy atom. The zero-order valence-electron chi connectivity index (χ0n) is 19.0. The lowest BCUT2D eigenvalue weighted by Gasteiger charge is -2.38. The van der Waals surface area contributed by atoms with Gasteiger partial charge in [0.05, 0.1) is 37.2 Å². The van der Waals surface area contributed by atoms with Gasteiger partial charge in [-0.25, -0.2) is 9.97 Å². The first-order chi connectivity index (χ1) is 15.4. The number of pyridine rings is 1. The van der Waals surface area contributed by atoms with Crippen LogP contribution >= 0.6 is 0 Å². The van der Waals surface area contributed by atoms with Crippen LogP contribution in [0, 0.1) is 6.92 Å². The molecule has 9 heteroatoms. The summed E-state index contributed by atoms with van der Waals surface area (Å²) in [6.45, 7) is 7.91. The number of hydrogen-bond acceptors (Lipinski definition) is 8. The van der Waals surface area contributed by atoms with Gasteiger partial charge in [0.15, 0.2) is 0 Å². The molecule has 1 aliphatic rings. The Bertz CT molecular complexity index is 1140. The maximum absolute atomic E-state index is 13.2. The third-order valence-corrected chi connectivity index (χ3v) is 5.51. The first-order valence-electron chi connectivity index (χ1n) is 10.6. The molecule has 1 saturated heterocycles. The van der Waals surface area contributed by atoms with Gasteiger partial charge in [0.1, 0.15) is 0 Å². The summed E-state index contributed by atoms with van der Waals surface area (Å²) in [6.07, 6.45) is 3.29. The second-order valence-electron chi connectivity index (χ2n) is 8.13. The minimum absolute atomic E-state index is 0.215. The smallest absolute Gasteiger partial charge is 0.316 e. The van der Waals surface area contributed by atoms with Gasteiger partial charge in [0.2, 0.25) is 5.88 Å². The number of amides is 1. The summed E-state index contributed by atoms with van der Waals surface area (Å²) < 4.78 is 10.4. The maximum Gasteiger partial charge on any atom is 0.316 e. The van der Waals surface area contributed by atoms with E-state index in [1.807, 2.05) is 19.1 Å².